The molecule has 0 radical (unpaired) electrons. The van der Waals surface area contributed by atoms with E-state index in [0.29, 0.717) is 38.2 Å². The lowest BCUT2D eigenvalue weighted by Crippen LogP contribution is -2.00. The number of furan rings is 1. The molecule has 10 aromatic carbocycles. The van der Waals surface area contributed by atoms with Crippen LogP contribution in [0.4, 0.5) is 0 Å². The van der Waals surface area contributed by atoms with Gasteiger partial charge in [-0.2, -0.15) is 0 Å². The molecule has 5 nitrogen and oxygen atoms in total. The van der Waals surface area contributed by atoms with Crippen LogP contribution in [0.25, 0.3) is 127 Å². The van der Waals surface area contributed by atoms with Crippen molar-refractivity contribution in [2.45, 2.75) is 0 Å². The fourth-order valence-electron chi connectivity index (χ4n) is 8.62. The molecular weight excluding hydrogens is 757 g/mol. The maximum absolute atomic E-state index is 9.38. The first-order chi connectivity index (χ1) is 38.6. The highest BCUT2D eigenvalue weighted by Crippen LogP contribution is 2.49. The molecule has 5 heteroatoms. The summed E-state index contributed by atoms with van der Waals surface area (Å²) in [6.07, 6.45) is 0. The Morgan fingerprint density at radius 1 is 0.371 bits per heavy atom. The van der Waals surface area contributed by atoms with Crippen LogP contribution in [0.3, 0.4) is 0 Å². The molecule has 13 aromatic rings. The number of hydrogen-bond acceptors (Lipinski definition) is 4. The number of rotatable bonds is 6. The Balaban J connectivity index is 1.17. The van der Waals surface area contributed by atoms with Gasteiger partial charge in [-0.25, -0.2) is 15.0 Å². The normalized spacial score (nSPS) is 16.2. The minimum atomic E-state index is -0.839. The van der Waals surface area contributed by atoms with Gasteiger partial charge < -0.3 is 8.98 Å². The molecule has 0 aliphatic heterocycles. The summed E-state index contributed by atoms with van der Waals surface area (Å²) in [7, 11) is 0. The highest BCUT2D eigenvalue weighted by atomic mass is 16.3. The van der Waals surface area contributed by atoms with Crippen molar-refractivity contribution < 1.29 is 30.5 Å². The molecule has 0 saturated heterocycles. The Labute approximate surface area is 382 Å². The van der Waals surface area contributed by atoms with E-state index in [4.69, 9.17) is 32.2 Å². The summed E-state index contributed by atoms with van der Waals surface area (Å²) in [5, 5.41) is 5.70. The molecule has 3 aromatic heterocycles. The minimum absolute atomic E-state index is 0.116. The zero-order valence-electron chi connectivity index (χ0n) is 50.9. The maximum Gasteiger partial charge on any atom is 0.164 e. The lowest BCUT2D eigenvalue weighted by atomic mass is 9.88. The third kappa shape index (κ3) is 5.25. The predicted octanol–water partition coefficient (Wildman–Crippen LogP) is 14.9. The van der Waals surface area contributed by atoms with Crippen molar-refractivity contribution in [2.24, 2.45) is 0 Å². The van der Waals surface area contributed by atoms with Gasteiger partial charge in [-0.3, -0.25) is 0 Å². The van der Waals surface area contributed by atoms with Crippen molar-refractivity contribution in [3.8, 4) is 62.1 Å². The van der Waals surface area contributed by atoms with E-state index in [1.807, 2.05) is 78.9 Å². The minimum Gasteiger partial charge on any atom is -0.456 e. The van der Waals surface area contributed by atoms with Gasteiger partial charge in [-0.1, -0.05) is 163 Å². The van der Waals surface area contributed by atoms with Crippen LogP contribution < -0.4 is 0 Å². The number of benzene rings is 10. The van der Waals surface area contributed by atoms with Gasteiger partial charge in [0.25, 0.3) is 0 Å². The zero-order valence-corrected chi connectivity index (χ0v) is 31.9. The molecule has 0 unspecified atom stereocenters. The summed E-state index contributed by atoms with van der Waals surface area (Å²) >= 11 is 0. The van der Waals surface area contributed by atoms with Crippen LogP contribution in [0.15, 0.2) is 210 Å². The molecule has 62 heavy (non-hydrogen) atoms. The molecule has 0 atom stereocenters. The zero-order chi connectivity index (χ0) is 57.3. The molecular formula is C57H34N4O. The van der Waals surface area contributed by atoms with Crippen molar-refractivity contribution >= 4 is 65.3 Å². The first-order valence-corrected chi connectivity index (χ1v) is 19.4. The van der Waals surface area contributed by atoms with E-state index in [-0.39, 0.29) is 22.6 Å². The van der Waals surface area contributed by atoms with E-state index in [1.54, 1.807) is 16.7 Å². The van der Waals surface area contributed by atoms with E-state index >= 15 is 0 Å². The summed E-state index contributed by atoms with van der Waals surface area (Å²) in [6, 6.07) is 14.3. The van der Waals surface area contributed by atoms with E-state index in [1.165, 1.54) is 0 Å². The van der Waals surface area contributed by atoms with Crippen LogP contribution in [-0.2, 0) is 0 Å². The first kappa shape index (κ1) is 20.7. The number of fused-ring (bicyclic) bond motifs is 6. The second-order valence-corrected chi connectivity index (χ2v) is 14.5. The smallest absolute Gasteiger partial charge is 0.164 e. The van der Waals surface area contributed by atoms with Crippen LogP contribution >= 0.6 is 0 Å². The fraction of sp³-hybridized carbons (Fsp3) is 0. The molecule has 288 valence electrons. The lowest BCUT2D eigenvalue weighted by Gasteiger charge is -2.15. The highest BCUT2D eigenvalue weighted by molar-refractivity contribution is 6.37. The Hall–Kier alpha value is -8.41. The Morgan fingerprint density at radius 3 is 1.68 bits per heavy atom. The van der Waals surface area contributed by atoms with Crippen molar-refractivity contribution in [3.05, 3.63) is 206 Å². The van der Waals surface area contributed by atoms with Crippen LogP contribution in [-0.4, -0.2) is 19.5 Å². The Morgan fingerprint density at radius 2 is 0.935 bits per heavy atom. The van der Waals surface area contributed by atoms with E-state index in [9.17, 15) is 8.22 Å². The average Bonchev–Trinajstić information content (AvgIpc) is 3.85. The van der Waals surface area contributed by atoms with Gasteiger partial charge in [0.1, 0.15) is 11.2 Å². The molecule has 0 bridgehead atoms. The summed E-state index contributed by atoms with van der Waals surface area (Å²) < 4.78 is 176. The van der Waals surface area contributed by atoms with Gasteiger partial charge in [-0.05, 0) is 80.8 Å². The lowest BCUT2D eigenvalue weighted by molar-refractivity contribution is 0.669. The quantitative estimate of drug-likeness (QED) is 0.157. The highest BCUT2D eigenvalue weighted by Gasteiger charge is 2.25. The van der Waals surface area contributed by atoms with Gasteiger partial charge in [0, 0.05) is 49.3 Å². The monoisotopic (exact) mass is 809 g/mol. The largest absolute Gasteiger partial charge is 0.456 e. The molecule has 0 spiro atoms. The van der Waals surface area contributed by atoms with E-state index < -0.39 is 149 Å². The van der Waals surface area contributed by atoms with Gasteiger partial charge in [0.2, 0.25) is 0 Å². The number of para-hydroxylation sites is 2. The van der Waals surface area contributed by atoms with Crippen molar-refractivity contribution in [2.75, 3.05) is 0 Å². The molecule has 3 heterocycles. The van der Waals surface area contributed by atoms with Gasteiger partial charge in [-0.15, -0.1) is 0 Å². The topological polar surface area (TPSA) is 56.7 Å². The third-order valence-corrected chi connectivity index (χ3v) is 11.1. The van der Waals surface area contributed by atoms with E-state index in [0.717, 1.165) is 32.7 Å². The van der Waals surface area contributed by atoms with Crippen LogP contribution in [0, 0.1) is 0 Å². The SMILES string of the molecule is [2H]c1c([2H])c([2H])c(-c2nc(-c3cc4c5ccccc5c5c(-c6cccc7oc8ccccc8c67)ccc6c5c4c(c3)n6-c3c([2H])c([2H])c([2H])c([2H])c3[2H])nc(-c3c([2H])c([2H])c(-c4c([2H])c([2H])c([2H])c([2H])c4[2H])c([2H])c3[2H])n2)c([2H])c1[2H]. The summed E-state index contributed by atoms with van der Waals surface area (Å²) in [5.41, 5.74) is 1.29. The molecule has 0 amide bonds. The first-order valence-electron chi connectivity index (χ1n) is 28.9. The third-order valence-electron chi connectivity index (χ3n) is 11.1. The Bertz CT molecular complexity index is 4900. The summed E-state index contributed by atoms with van der Waals surface area (Å²) in [6.45, 7) is 0. The van der Waals surface area contributed by atoms with Gasteiger partial charge in [0.05, 0.1) is 37.1 Å². The van der Waals surface area contributed by atoms with Crippen molar-refractivity contribution in [1.82, 2.24) is 19.5 Å². The summed E-state index contributed by atoms with van der Waals surface area (Å²) in [5.74, 6) is -1.43. The standard InChI is InChI=1S/C57H34N4O/c1-4-15-35(16-5-1)36-27-29-38(30-28-36)56-58-55(37-17-6-2-7-18-37)59-57(60-56)39-33-46-41-21-10-11-22-42(41)52-44(43-24-14-26-50-51(43)45-23-12-13-25-49(45)62-50)31-32-47-54(52)53(46)48(34-39)61(47)40-19-8-3-9-20-40/h1-34H/i1D,2D,3D,4D,5D,6D,7D,8D,9D,15D,16D,17D,18D,19D,20D,27D,28D,29D,30D. The molecule has 0 saturated carbocycles. The fourth-order valence-corrected chi connectivity index (χ4v) is 8.62. The van der Waals surface area contributed by atoms with Gasteiger partial charge >= 0.3 is 0 Å². The van der Waals surface area contributed by atoms with Gasteiger partial charge in [0.15, 0.2) is 17.5 Å². The number of nitrogens with zero attached hydrogens (tertiary/aromatic N) is 4. The van der Waals surface area contributed by atoms with Crippen LogP contribution in [0.5, 0.6) is 0 Å². The molecule has 0 aliphatic rings. The number of hydrogen-bond donors (Lipinski definition) is 0. The summed E-state index contributed by atoms with van der Waals surface area (Å²) in [4.78, 5) is 14.0. The maximum atomic E-state index is 9.38. The van der Waals surface area contributed by atoms with Crippen LogP contribution in [0.2, 0.25) is 0 Å². The molecule has 0 N–H and O–H groups in total. The van der Waals surface area contributed by atoms with Crippen LogP contribution in [0.1, 0.15) is 26.0 Å². The number of aromatic nitrogens is 4. The molecule has 0 fully saturated rings. The Kier molecular flexibility index (Phi) is 4.53. The van der Waals surface area contributed by atoms with Crippen molar-refractivity contribution in [1.29, 1.82) is 0 Å². The average molecular weight is 810 g/mol. The second kappa shape index (κ2) is 13.6. The molecule has 0 aliphatic carbocycles. The predicted molar refractivity (Wildman–Crippen MR) is 255 cm³/mol. The van der Waals surface area contributed by atoms with E-state index in [2.05, 4.69) is 4.98 Å². The second-order valence-electron chi connectivity index (χ2n) is 14.5. The molecule has 13 rings (SSSR count). The van der Waals surface area contributed by atoms with Crippen molar-refractivity contribution in [3.63, 3.8) is 0 Å².